The SMILES string of the molecule is CCC(=O)N(CC(=O)NC)c1ccc(N/C(=C2\C(=O)Nc3ccccc32)c2ccccc2)cc1. The third-order valence-electron chi connectivity index (χ3n) is 5.62. The Morgan fingerprint density at radius 3 is 2.26 bits per heavy atom. The second-order valence-electron chi connectivity index (χ2n) is 7.79. The Balaban J connectivity index is 1.71. The fraction of sp³-hybridized carbons (Fsp3) is 0.148. The Morgan fingerprint density at radius 2 is 1.59 bits per heavy atom. The number of hydrogen-bond donors (Lipinski definition) is 3. The van der Waals surface area contributed by atoms with Gasteiger partial charge in [-0.05, 0) is 35.9 Å². The summed E-state index contributed by atoms with van der Waals surface area (Å²) in [7, 11) is 1.54. The number of fused-ring (bicyclic) bond motifs is 1. The minimum absolute atomic E-state index is 0.0494. The second-order valence-corrected chi connectivity index (χ2v) is 7.79. The summed E-state index contributed by atoms with van der Waals surface area (Å²) >= 11 is 0. The smallest absolute Gasteiger partial charge is 0.258 e. The Hall–Kier alpha value is -4.39. The first-order chi connectivity index (χ1) is 16.5. The van der Waals surface area contributed by atoms with Gasteiger partial charge in [0.15, 0.2) is 0 Å². The highest BCUT2D eigenvalue weighted by molar-refractivity contribution is 6.37. The van der Waals surface area contributed by atoms with Crippen molar-refractivity contribution in [1.82, 2.24) is 5.32 Å². The minimum Gasteiger partial charge on any atom is -0.358 e. The van der Waals surface area contributed by atoms with Crippen LogP contribution in [0.15, 0.2) is 78.9 Å². The van der Waals surface area contributed by atoms with E-state index >= 15 is 0 Å². The van der Waals surface area contributed by atoms with Crippen molar-refractivity contribution >= 4 is 46.1 Å². The maximum atomic E-state index is 12.9. The summed E-state index contributed by atoms with van der Waals surface area (Å²) in [4.78, 5) is 38.7. The molecule has 0 aliphatic carbocycles. The number of hydrogen-bond acceptors (Lipinski definition) is 4. The summed E-state index contributed by atoms with van der Waals surface area (Å²) in [5, 5.41) is 8.89. The molecule has 1 aliphatic rings. The molecule has 0 spiro atoms. The first-order valence-electron chi connectivity index (χ1n) is 11.1. The van der Waals surface area contributed by atoms with Gasteiger partial charge in [-0.1, -0.05) is 55.5 Å². The maximum Gasteiger partial charge on any atom is 0.258 e. The van der Waals surface area contributed by atoms with Gasteiger partial charge in [0.25, 0.3) is 5.91 Å². The van der Waals surface area contributed by atoms with Gasteiger partial charge in [0.1, 0.15) is 6.54 Å². The second kappa shape index (κ2) is 10.0. The molecule has 3 aromatic carbocycles. The summed E-state index contributed by atoms with van der Waals surface area (Å²) in [5.41, 5.74) is 5.10. The average Bonchev–Trinajstić information content (AvgIpc) is 3.21. The lowest BCUT2D eigenvalue weighted by Gasteiger charge is -2.22. The van der Waals surface area contributed by atoms with Crippen LogP contribution in [-0.4, -0.2) is 31.3 Å². The van der Waals surface area contributed by atoms with Crippen molar-refractivity contribution < 1.29 is 14.4 Å². The molecule has 0 fully saturated rings. The van der Waals surface area contributed by atoms with Gasteiger partial charge in [0.05, 0.1) is 11.3 Å². The van der Waals surface area contributed by atoms with Gasteiger partial charge in [-0.25, -0.2) is 0 Å². The lowest BCUT2D eigenvalue weighted by atomic mass is 10.00. The summed E-state index contributed by atoms with van der Waals surface area (Å²) in [6.07, 6.45) is 0.287. The van der Waals surface area contributed by atoms with Crippen molar-refractivity contribution in [3.8, 4) is 0 Å². The molecular formula is C27H26N4O3. The van der Waals surface area contributed by atoms with Gasteiger partial charge in [0, 0.05) is 36.1 Å². The van der Waals surface area contributed by atoms with E-state index in [1.165, 1.54) is 4.90 Å². The molecule has 3 aromatic rings. The molecule has 4 rings (SSSR count). The van der Waals surface area contributed by atoms with Crippen LogP contribution in [0.25, 0.3) is 11.3 Å². The largest absolute Gasteiger partial charge is 0.358 e. The van der Waals surface area contributed by atoms with E-state index in [4.69, 9.17) is 0 Å². The third-order valence-corrected chi connectivity index (χ3v) is 5.62. The molecule has 3 N–H and O–H groups in total. The molecule has 34 heavy (non-hydrogen) atoms. The minimum atomic E-state index is -0.244. The van der Waals surface area contributed by atoms with Crippen LogP contribution >= 0.6 is 0 Å². The zero-order valence-corrected chi connectivity index (χ0v) is 19.1. The number of carbonyl (C=O) groups is 3. The standard InChI is InChI=1S/C27H26N4O3/c1-3-24(33)31(17-23(32)28-2)20-15-13-19(14-16-20)29-26(18-9-5-4-6-10-18)25-21-11-7-8-12-22(21)30-27(25)34/h4-16,29H,3,17H2,1-2H3,(H,28,32)(H,30,34)/b26-25-. The summed E-state index contributed by atoms with van der Waals surface area (Å²) in [5.74, 6) is -0.559. The molecule has 7 heteroatoms. The zero-order chi connectivity index (χ0) is 24.1. The third kappa shape index (κ3) is 4.68. The molecule has 7 nitrogen and oxygen atoms in total. The Labute approximate surface area is 198 Å². The van der Waals surface area contributed by atoms with Crippen LogP contribution in [0.3, 0.4) is 0 Å². The number of carbonyl (C=O) groups excluding carboxylic acids is 3. The number of benzene rings is 3. The number of nitrogens with zero attached hydrogens (tertiary/aromatic N) is 1. The van der Waals surface area contributed by atoms with E-state index in [1.807, 2.05) is 66.7 Å². The number of nitrogens with one attached hydrogen (secondary N) is 3. The highest BCUT2D eigenvalue weighted by Gasteiger charge is 2.28. The Bertz CT molecular complexity index is 1250. The number of anilines is 3. The van der Waals surface area contributed by atoms with Crippen LogP contribution in [-0.2, 0) is 14.4 Å². The van der Waals surface area contributed by atoms with Gasteiger partial charge >= 0.3 is 0 Å². The van der Waals surface area contributed by atoms with Gasteiger partial charge in [-0.3, -0.25) is 14.4 Å². The maximum absolute atomic E-state index is 12.9. The molecule has 0 saturated carbocycles. The zero-order valence-electron chi connectivity index (χ0n) is 19.1. The molecule has 0 bridgehead atoms. The van der Waals surface area contributed by atoms with Crippen molar-refractivity contribution in [2.75, 3.05) is 29.1 Å². The van der Waals surface area contributed by atoms with Crippen LogP contribution in [0, 0.1) is 0 Å². The molecule has 0 unspecified atom stereocenters. The van der Waals surface area contributed by atoms with Gasteiger partial charge in [0.2, 0.25) is 11.8 Å². The highest BCUT2D eigenvalue weighted by atomic mass is 16.2. The first kappa shape index (κ1) is 22.8. The van der Waals surface area contributed by atoms with E-state index in [9.17, 15) is 14.4 Å². The topological polar surface area (TPSA) is 90.5 Å². The molecule has 3 amide bonds. The van der Waals surface area contributed by atoms with Crippen LogP contribution < -0.4 is 20.9 Å². The molecule has 172 valence electrons. The Morgan fingerprint density at radius 1 is 0.912 bits per heavy atom. The highest BCUT2D eigenvalue weighted by Crippen LogP contribution is 2.37. The summed E-state index contributed by atoms with van der Waals surface area (Å²) in [6.45, 7) is 1.71. The Kier molecular flexibility index (Phi) is 6.73. The monoisotopic (exact) mass is 454 g/mol. The van der Waals surface area contributed by atoms with Crippen molar-refractivity contribution in [3.05, 3.63) is 90.0 Å². The first-order valence-corrected chi connectivity index (χ1v) is 11.1. The van der Waals surface area contributed by atoms with Crippen LogP contribution in [0.4, 0.5) is 17.1 Å². The number of amides is 3. The number of rotatable bonds is 7. The predicted molar refractivity (Wildman–Crippen MR) is 135 cm³/mol. The van der Waals surface area contributed by atoms with Crippen molar-refractivity contribution in [2.45, 2.75) is 13.3 Å². The molecule has 0 radical (unpaired) electrons. The van der Waals surface area contributed by atoms with E-state index in [0.717, 1.165) is 22.5 Å². The summed E-state index contributed by atoms with van der Waals surface area (Å²) < 4.78 is 0. The number of para-hydroxylation sites is 1. The van der Waals surface area contributed by atoms with E-state index in [2.05, 4.69) is 16.0 Å². The quantitative estimate of drug-likeness (QED) is 0.469. The molecule has 0 saturated heterocycles. The molecule has 1 aliphatic heterocycles. The van der Waals surface area contributed by atoms with Crippen LogP contribution in [0.1, 0.15) is 24.5 Å². The molecular weight excluding hydrogens is 428 g/mol. The van der Waals surface area contributed by atoms with Gasteiger partial charge in [-0.2, -0.15) is 0 Å². The van der Waals surface area contributed by atoms with E-state index in [0.29, 0.717) is 17.0 Å². The molecule has 1 heterocycles. The van der Waals surface area contributed by atoms with Gasteiger partial charge in [-0.15, -0.1) is 0 Å². The fourth-order valence-electron chi connectivity index (χ4n) is 3.86. The van der Waals surface area contributed by atoms with Crippen molar-refractivity contribution in [3.63, 3.8) is 0 Å². The van der Waals surface area contributed by atoms with Gasteiger partial charge < -0.3 is 20.9 Å². The average molecular weight is 455 g/mol. The van der Waals surface area contributed by atoms with Crippen molar-refractivity contribution in [2.24, 2.45) is 0 Å². The van der Waals surface area contributed by atoms with E-state index in [-0.39, 0.29) is 30.7 Å². The van der Waals surface area contributed by atoms with Crippen LogP contribution in [0.2, 0.25) is 0 Å². The lowest BCUT2D eigenvalue weighted by Crippen LogP contribution is -2.39. The molecule has 0 aromatic heterocycles. The normalized spacial score (nSPS) is 13.5. The lowest BCUT2D eigenvalue weighted by molar-refractivity contribution is -0.123. The summed E-state index contributed by atoms with van der Waals surface area (Å²) in [6, 6.07) is 24.5. The fourth-order valence-corrected chi connectivity index (χ4v) is 3.86. The van der Waals surface area contributed by atoms with E-state index in [1.54, 1.807) is 26.1 Å². The van der Waals surface area contributed by atoms with E-state index < -0.39 is 0 Å². The van der Waals surface area contributed by atoms with Crippen LogP contribution in [0.5, 0.6) is 0 Å². The molecule has 0 atom stereocenters. The number of likely N-dealkylation sites (N-methyl/N-ethyl adjacent to an activating group) is 1. The van der Waals surface area contributed by atoms with Crippen molar-refractivity contribution in [1.29, 1.82) is 0 Å². The predicted octanol–water partition coefficient (Wildman–Crippen LogP) is 4.11.